The van der Waals surface area contributed by atoms with Gasteiger partial charge in [0.25, 0.3) is 0 Å². The molecule has 0 radical (unpaired) electrons. The van der Waals surface area contributed by atoms with Crippen molar-refractivity contribution in [2.45, 2.75) is 74.4 Å². The number of halogens is 10. The number of rotatable bonds is 24. The van der Waals surface area contributed by atoms with E-state index in [4.69, 9.17) is 195 Å². The Morgan fingerprint density at radius 3 is 1.04 bits per heavy atom. The molecule has 8 heterocycles. The van der Waals surface area contributed by atoms with Crippen LogP contribution in [0.25, 0.3) is 109 Å². The third-order valence-electron chi connectivity index (χ3n) is 21.5. The first-order chi connectivity index (χ1) is 64.7. The van der Waals surface area contributed by atoms with Crippen molar-refractivity contribution in [3.05, 3.63) is 221 Å². The van der Waals surface area contributed by atoms with Gasteiger partial charge in [0.15, 0.2) is 5.78 Å². The van der Waals surface area contributed by atoms with E-state index < -0.39 is 5.24 Å². The molecule has 33 nitrogen and oxygen atoms in total. The van der Waals surface area contributed by atoms with E-state index in [0.717, 1.165) is 91.2 Å². The second kappa shape index (κ2) is 53.0. The first-order valence-electron chi connectivity index (χ1n) is 41.0. The number of benzene rings is 8. The van der Waals surface area contributed by atoms with Crippen LogP contribution in [0.3, 0.4) is 0 Å². The molecule has 44 heteroatoms. The normalized spacial score (nSPS) is 17.4. The van der Waals surface area contributed by atoms with Gasteiger partial charge in [0.2, 0.25) is 28.4 Å². The van der Waals surface area contributed by atoms with Crippen molar-refractivity contribution in [2.24, 2.45) is 27.6 Å². The molecular weight excluding hydrogens is 2060 g/mol. The van der Waals surface area contributed by atoms with Gasteiger partial charge in [0.05, 0.1) is 176 Å². The molecule has 4 saturated heterocycles. The van der Waals surface area contributed by atoms with Gasteiger partial charge in [0, 0.05) is 168 Å². The topological polar surface area (TPSA) is 434 Å². The number of ether oxygens (including phenoxy) is 12. The van der Waals surface area contributed by atoms with E-state index in [1.54, 1.807) is 63.3 Å². The van der Waals surface area contributed by atoms with Crippen LogP contribution in [0, 0.1) is 13.3 Å². The molecule has 722 valence electrons. The third kappa shape index (κ3) is 27.6. The summed E-state index contributed by atoms with van der Waals surface area (Å²) in [6, 6.07) is 28.6. The molecule has 4 fully saturated rings. The van der Waals surface area contributed by atoms with E-state index >= 15 is 0 Å². The smallest absolute Gasteiger partial charge is 0.244 e. The fraction of sp³-hybridized carbons (Fsp3) is 0.315. The third-order valence-corrected chi connectivity index (χ3v) is 24.9. The summed E-state index contributed by atoms with van der Waals surface area (Å²) < 4.78 is 64.5. The zero-order valence-electron chi connectivity index (χ0n) is 74.7. The van der Waals surface area contributed by atoms with Crippen molar-refractivity contribution < 1.29 is 86.9 Å². The van der Waals surface area contributed by atoms with Crippen molar-refractivity contribution in [1.82, 2.24) is 39.9 Å². The number of ketones is 1. The molecule has 8 aromatic carbocycles. The van der Waals surface area contributed by atoms with Gasteiger partial charge in [0.1, 0.15) is 46.0 Å². The predicted molar refractivity (Wildman–Crippen MR) is 534 cm³/mol. The summed E-state index contributed by atoms with van der Waals surface area (Å²) in [6.07, 6.45) is 12.7. The largest absolute Gasteiger partial charge is 0.495 e. The Morgan fingerprint density at radius 1 is 0.419 bits per heavy atom. The molecule has 4 aromatic heterocycles. The van der Waals surface area contributed by atoms with Gasteiger partial charge in [-0.3, -0.25) is 9.59 Å². The molecule has 4 aliphatic rings. The van der Waals surface area contributed by atoms with Crippen LogP contribution < -0.4 is 65.3 Å². The van der Waals surface area contributed by atoms with Gasteiger partial charge in [-0.2, -0.15) is 0 Å². The Kier molecular flexibility index (Phi) is 42.6. The number of carbonyl (C=O) groups is 2. The van der Waals surface area contributed by atoms with Crippen LogP contribution in [0.15, 0.2) is 157 Å². The number of nitrogens with zero attached hydrogens (tertiary/aromatic N) is 14. The van der Waals surface area contributed by atoms with E-state index in [1.165, 1.54) is 48.7 Å². The summed E-state index contributed by atoms with van der Waals surface area (Å²) in [4.78, 5) is 62.3. The number of azide groups is 2. The first-order valence-corrected chi connectivity index (χ1v) is 44.8. The van der Waals surface area contributed by atoms with Gasteiger partial charge in [-0.05, 0) is 149 Å². The zero-order valence-corrected chi connectivity index (χ0v) is 83.8. The maximum Gasteiger partial charge on any atom is 0.244 e. The average Bonchev–Trinajstić information content (AvgIpc) is 0.784. The van der Waals surface area contributed by atoms with E-state index in [0.29, 0.717) is 192 Å². The fourth-order valence-corrected chi connectivity index (χ4v) is 17.5. The number of aromatic nitrogens is 8. The van der Waals surface area contributed by atoms with Crippen LogP contribution in [-0.2, 0) is 49.0 Å². The Bertz CT molecular complexity index is 6250. The van der Waals surface area contributed by atoms with Crippen LogP contribution in [0.1, 0.15) is 32.1 Å². The Labute approximate surface area is 847 Å². The van der Waals surface area contributed by atoms with Crippen molar-refractivity contribution in [3.8, 4) is 90.5 Å². The van der Waals surface area contributed by atoms with Gasteiger partial charge < -0.3 is 91.7 Å². The molecule has 0 aliphatic carbocycles. The maximum absolute atomic E-state index is 11.9. The average molecular weight is 2150 g/mol. The molecule has 4 aliphatic heterocycles. The summed E-state index contributed by atoms with van der Waals surface area (Å²) in [5.74, 6) is 5.36. The molecule has 7 N–H and O–H groups in total. The monoisotopic (exact) mass is 2140 g/mol. The van der Waals surface area contributed by atoms with Crippen LogP contribution in [-0.4, -0.2) is 203 Å². The minimum atomic E-state index is -0.509. The van der Waals surface area contributed by atoms with Gasteiger partial charge >= 0.3 is 0 Å². The Morgan fingerprint density at radius 2 is 0.713 bits per heavy atom. The van der Waals surface area contributed by atoms with Crippen LogP contribution in [0.2, 0.25) is 45.5 Å². The molecule has 8 atom stereocenters. The first kappa shape index (κ1) is 109. The Hall–Kier alpha value is -10.3. The summed E-state index contributed by atoms with van der Waals surface area (Å²) in [7, 11) is 12.3. The van der Waals surface area contributed by atoms with Crippen LogP contribution >= 0.6 is 116 Å². The maximum atomic E-state index is 11.9. The number of hydrogen-bond acceptors (Lipinski definition) is 29. The predicted octanol–water partition coefficient (Wildman–Crippen LogP) is 22.3. The van der Waals surface area contributed by atoms with Gasteiger partial charge in [-0.1, -0.05) is 140 Å². The Balaban J connectivity index is 0.000000193. The minimum Gasteiger partial charge on any atom is -0.495 e. The zero-order chi connectivity index (χ0) is 96.4. The summed E-state index contributed by atoms with van der Waals surface area (Å²) in [5, 5.41) is 23.4. The molecule has 0 bridgehead atoms. The molecule has 16 rings (SSSR count). The minimum absolute atomic E-state index is 0. The SMILES string of the molecule is C=CC(=O)C[C@H]1CCOC[C@H]1Nc1ncc2cc(-c3c(Cl)c(OC)cc(OC)c3Cl)ccc2n1.C=CC(=O)Cl.COc1cc(OC)c(Cl)c(-c2ccc3nc(Cl)ncc3c2)c1Cl.COc1cc(OC)c(Cl)c(-c2ccc3nc(N[C@@H]4COCC[C@@H]4N)ncc3c2)c1Cl.COc1cc(OC)c(Cl)c(-c2ccc3nc(N[C@@H]4COCC[C@@H]4N=[N+]=[N-])ncc3c2)c1Cl.[CH3-].[N-]=[N+]=N[C@H]1CCOC[C@H]1N.[Pd]. The van der Waals surface area contributed by atoms with E-state index in [1.807, 2.05) is 72.8 Å². The van der Waals surface area contributed by atoms with Crippen molar-refractivity contribution in [2.75, 3.05) is 126 Å². The molecule has 0 unspecified atom stereocenters. The standard InChI is InChI=1S/C25H25Cl2N3O4.C21H20Cl2N6O3.C21H22Cl2N4O3.C16H11Cl3N2O2.C5H10N4O.C3H3ClO.CH3.Pd/c1-4-17(31)10-14-7-8-34-13-19(14)30-25-28-12-16-9-15(5-6-18(16)29-25)22-23(26)20(32-2)11-21(33-3)24(22)27;1-30-16-8-17(31-2)20(23)18(19(16)22)11-3-4-13-12(7-11)9-25-21(26-13)27-15-10-32-6-5-14(15)28-29-24;1-28-16-8-17(29-2)20(23)18(19(16)22)11-3-4-14-12(7-11)9-25-21(26-14)27-15-10-30-6-5-13(15)24;1-22-11-6-12(23-2)15(18)13(14(11)17)8-3-4-10-9(5-8)7-20-16(19)21-10;6-4-3-10-2-1-5(4)8-9-7;1-2-3(4)5;;/h4-6,9,11-12,14,19H,1,7-8,10,13H2,2-3H3,(H,28,29,30);3-4,7-9,14-15H,5-6,10H2,1-2H3,(H,25,26,27);3-4,7-9,13,15H,5-6,10,24H2,1-2H3,(H,25,26,27);3-7H,1-2H3;4-5H,1-3,6H2;2H,1H2;1H3;/q;;;;;;-1;/t14-,19-;14-,15+;13-,15+;;4-,5+;;;/m100.1.../s1. The van der Waals surface area contributed by atoms with Crippen molar-refractivity contribution in [3.63, 3.8) is 0 Å². The number of hydrogen-bond donors (Lipinski definition) is 5. The number of fused-ring (bicyclic) bond motifs is 4. The summed E-state index contributed by atoms with van der Waals surface area (Å²) in [6.45, 7) is 11.1. The van der Waals surface area contributed by atoms with Gasteiger partial charge in [-0.15, -0.1) is 0 Å². The van der Waals surface area contributed by atoms with E-state index in [9.17, 15) is 9.59 Å². The number of methoxy groups -OCH3 is 8. The molecule has 0 saturated carbocycles. The number of anilines is 3. The van der Waals surface area contributed by atoms with E-state index in [-0.39, 0.29) is 87.1 Å². The second-order valence-corrected chi connectivity index (χ2v) is 33.4. The molecule has 12 aromatic rings. The second-order valence-electron chi connectivity index (χ2n) is 29.7. The van der Waals surface area contributed by atoms with Gasteiger partial charge in [-0.25, -0.2) is 39.9 Å². The van der Waals surface area contributed by atoms with Crippen molar-refractivity contribution >= 4 is 188 Å². The van der Waals surface area contributed by atoms with Crippen LogP contribution in [0.5, 0.6) is 46.0 Å². The molecule has 136 heavy (non-hydrogen) atoms. The summed E-state index contributed by atoms with van der Waals surface area (Å²) in [5.41, 5.74) is 37.2. The van der Waals surface area contributed by atoms with E-state index in [2.05, 4.69) is 89.0 Å². The molecule has 0 spiro atoms. The fourth-order valence-electron chi connectivity index (χ4n) is 14.5. The number of carbonyl (C=O) groups excluding carboxylic acids is 2. The quantitative estimate of drug-likeness (QED) is 0.00548. The van der Waals surface area contributed by atoms with Crippen molar-refractivity contribution in [1.29, 1.82) is 0 Å². The van der Waals surface area contributed by atoms with Crippen LogP contribution in [0.4, 0.5) is 17.8 Å². The molecular formula is C92H94Cl10N19O14Pd-. The molecule has 0 amide bonds. The number of nitrogens with one attached hydrogen (secondary N) is 3. The summed E-state index contributed by atoms with van der Waals surface area (Å²) >= 11 is 62.7. The number of nitrogens with two attached hydrogens (primary N) is 2. The number of allylic oxidation sites excluding steroid dienone is 2.